The smallest absolute Gasteiger partial charge is 0.175 e. The van der Waals surface area contributed by atoms with Crippen molar-refractivity contribution in [3.63, 3.8) is 0 Å². The molecule has 1 aliphatic heterocycles. The third-order valence-electron chi connectivity index (χ3n) is 4.40. The highest BCUT2D eigenvalue weighted by molar-refractivity contribution is 7.90. The van der Waals surface area contributed by atoms with Crippen molar-refractivity contribution in [1.29, 1.82) is 0 Å². The molecule has 1 aliphatic rings. The van der Waals surface area contributed by atoms with Gasteiger partial charge in [-0.3, -0.25) is 0 Å². The van der Waals surface area contributed by atoms with Crippen molar-refractivity contribution in [2.75, 3.05) is 29.6 Å². The molecule has 0 bridgehead atoms. The molecule has 2 unspecified atom stereocenters. The van der Waals surface area contributed by atoms with Crippen molar-refractivity contribution in [1.82, 2.24) is 9.97 Å². The minimum absolute atomic E-state index is 0.0836. The summed E-state index contributed by atoms with van der Waals surface area (Å²) in [6.45, 7) is 1.51. The summed E-state index contributed by atoms with van der Waals surface area (Å²) < 4.78 is 23.2. The number of benzene rings is 1. The maximum atomic E-state index is 11.6. The number of anilines is 3. The Bertz CT molecular complexity index is 901. The first-order chi connectivity index (χ1) is 12.7. The molecule has 27 heavy (non-hydrogen) atoms. The van der Waals surface area contributed by atoms with E-state index in [9.17, 15) is 13.5 Å². The molecule has 146 valence electrons. The zero-order valence-electron chi connectivity index (χ0n) is 15.0. The summed E-state index contributed by atoms with van der Waals surface area (Å²) in [7, 11) is -3.27. The molecule has 0 saturated carbocycles. The Morgan fingerprint density at radius 2 is 2.04 bits per heavy atom. The van der Waals surface area contributed by atoms with Crippen molar-refractivity contribution in [2.24, 2.45) is 11.5 Å². The molecular weight excluding hydrogens is 368 g/mol. The lowest BCUT2D eigenvalue weighted by Gasteiger charge is -2.31. The van der Waals surface area contributed by atoms with Gasteiger partial charge in [0, 0.05) is 31.1 Å². The Morgan fingerprint density at radius 1 is 1.33 bits per heavy atom. The normalized spacial score (nSPS) is 19.0. The van der Waals surface area contributed by atoms with E-state index in [-0.39, 0.29) is 16.6 Å². The van der Waals surface area contributed by atoms with Gasteiger partial charge >= 0.3 is 0 Å². The zero-order valence-corrected chi connectivity index (χ0v) is 15.9. The summed E-state index contributed by atoms with van der Waals surface area (Å²) in [5, 5.41) is 12.9. The van der Waals surface area contributed by atoms with E-state index in [4.69, 9.17) is 11.5 Å². The molecule has 2 atom stereocenters. The summed E-state index contributed by atoms with van der Waals surface area (Å²) in [6, 6.07) is 6.32. The summed E-state index contributed by atoms with van der Waals surface area (Å²) in [4.78, 5) is 11.1. The standard InChI is InChI=1S/C17H24N6O3S/c1-27(25,26)13-6-4-12(5-7-13)21-17-15(16(19)24)20-9-14(22-17)23-8-2-3-11(18)10-23/h4-7,9,11,16,24H,2-3,8,10,18-19H2,1H3,(H,21,22). The van der Waals surface area contributed by atoms with Crippen molar-refractivity contribution < 1.29 is 13.5 Å². The van der Waals surface area contributed by atoms with Crippen molar-refractivity contribution in [3.05, 3.63) is 36.2 Å². The summed E-state index contributed by atoms with van der Waals surface area (Å²) in [5.41, 5.74) is 12.4. The monoisotopic (exact) mass is 392 g/mol. The first-order valence-corrected chi connectivity index (χ1v) is 10.5. The van der Waals surface area contributed by atoms with Crippen LogP contribution in [0, 0.1) is 0 Å². The molecule has 2 heterocycles. The third-order valence-corrected chi connectivity index (χ3v) is 5.52. The summed E-state index contributed by atoms with van der Waals surface area (Å²) in [5.74, 6) is 0.957. The van der Waals surface area contributed by atoms with Crippen molar-refractivity contribution in [2.45, 2.75) is 30.0 Å². The van der Waals surface area contributed by atoms with Crippen LogP contribution in [0.4, 0.5) is 17.3 Å². The van der Waals surface area contributed by atoms with Gasteiger partial charge in [-0.1, -0.05) is 0 Å². The Morgan fingerprint density at radius 3 is 2.63 bits per heavy atom. The lowest BCUT2D eigenvalue weighted by molar-refractivity contribution is 0.182. The zero-order chi connectivity index (χ0) is 19.6. The van der Waals surface area contributed by atoms with Crippen LogP contribution in [0.25, 0.3) is 0 Å². The van der Waals surface area contributed by atoms with Crippen molar-refractivity contribution in [3.8, 4) is 0 Å². The van der Waals surface area contributed by atoms with Gasteiger partial charge in [0.1, 0.15) is 17.7 Å². The predicted octanol–water partition coefficient (Wildman–Crippen LogP) is 0.501. The van der Waals surface area contributed by atoms with Crippen LogP contribution in [0.5, 0.6) is 0 Å². The quantitative estimate of drug-likeness (QED) is 0.534. The highest BCUT2D eigenvalue weighted by Gasteiger charge is 2.21. The molecular formula is C17H24N6O3S. The molecule has 1 aromatic heterocycles. The van der Waals surface area contributed by atoms with Crippen LogP contribution in [-0.4, -0.2) is 48.9 Å². The largest absolute Gasteiger partial charge is 0.373 e. The van der Waals surface area contributed by atoms with Crippen LogP contribution in [-0.2, 0) is 9.84 Å². The topological polar surface area (TPSA) is 147 Å². The number of sulfone groups is 1. The molecule has 0 amide bonds. The minimum atomic E-state index is -3.27. The van der Waals surface area contributed by atoms with Gasteiger partial charge in [-0.2, -0.15) is 0 Å². The molecule has 0 aliphatic carbocycles. The number of nitrogens with two attached hydrogens (primary N) is 2. The number of aliphatic hydroxyl groups excluding tert-OH is 1. The maximum absolute atomic E-state index is 11.6. The Balaban J connectivity index is 1.89. The average Bonchev–Trinajstić information content (AvgIpc) is 2.61. The van der Waals surface area contributed by atoms with Gasteiger partial charge in [0.15, 0.2) is 15.7 Å². The van der Waals surface area contributed by atoms with Crippen LogP contribution in [0.1, 0.15) is 24.8 Å². The van der Waals surface area contributed by atoms with E-state index in [1.807, 2.05) is 4.90 Å². The number of hydrogen-bond donors (Lipinski definition) is 4. The second kappa shape index (κ2) is 7.77. The van der Waals surface area contributed by atoms with Gasteiger partial charge in [-0.15, -0.1) is 0 Å². The van der Waals surface area contributed by atoms with Crippen LogP contribution >= 0.6 is 0 Å². The van der Waals surface area contributed by atoms with E-state index in [1.54, 1.807) is 18.3 Å². The van der Waals surface area contributed by atoms with Gasteiger partial charge in [0.25, 0.3) is 0 Å². The number of hydrogen-bond acceptors (Lipinski definition) is 9. The second-order valence-corrected chi connectivity index (χ2v) is 8.69. The number of nitrogens with zero attached hydrogens (tertiary/aromatic N) is 3. The van der Waals surface area contributed by atoms with Crippen molar-refractivity contribution >= 4 is 27.2 Å². The van der Waals surface area contributed by atoms with E-state index in [0.717, 1.165) is 25.6 Å². The summed E-state index contributed by atoms with van der Waals surface area (Å²) >= 11 is 0. The molecule has 6 N–H and O–H groups in total. The SMILES string of the molecule is CS(=O)(=O)c1ccc(Nc2nc(N3CCCC(N)C3)cnc2C(N)O)cc1. The van der Waals surface area contributed by atoms with E-state index >= 15 is 0 Å². The number of rotatable bonds is 5. The lowest BCUT2D eigenvalue weighted by Crippen LogP contribution is -2.43. The van der Waals surface area contributed by atoms with Gasteiger partial charge in [0.05, 0.1) is 11.1 Å². The highest BCUT2D eigenvalue weighted by atomic mass is 32.2. The molecule has 0 spiro atoms. The molecule has 9 nitrogen and oxygen atoms in total. The second-order valence-electron chi connectivity index (χ2n) is 6.68. The van der Waals surface area contributed by atoms with Crippen LogP contribution in [0.3, 0.4) is 0 Å². The minimum Gasteiger partial charge on any atom is -0.373 e. The van der Waals surface area contributed by atoms with E-state index in [2.05, 4.69) is 15.3 Å². The molecule has 1 saturated heterocycles. The first kappa shape index (κ1) is 19.5. The molecule has 2 aromatic rings. The fourth-order valence-electron chi connectivity index (χ4n) is 2.99. The van der Waals surface area contributed by atoms with Crippen LogP contribution < -0.4 is 21.7 Å². The van der Waals surface area contributed by atoms with Gasteiger partial charge < -0.3 is 26.8 Å². The maximum Gasteiger partial charge on any atom is 0.175 e. The average molecular weight is 392 g/mol. The molecule has 0 radical (unpaired) electrons. The Hall–Kier alpha value is -2.27. The number of aromatic nitrogens is 2. The predicted molar refractivity (Wildman–Crippen MR) is 103 cm³/mol. The highest BCUT2D eigenvalue weighted by Crippen LogP contribution is 2.25. The fraction of sp³-hybridized carbons (Fsp3) is 0.412. The first-order valence-electron chi connectivity index (χ1n) is 8.62. The van der Waals surface area contributed by atoms with Crippen LogP contribution in [0.15, 0.2) is 35.4 Å². The molecule has 1 aromatic carbocycles. The lowest BCUT2D eigenvalue weighted by atomic mass is 10.1. The van der Waals surface area contributed by atoms with Gasteiger partial charge in [-0.05, 0) is 37.1 Å². The third kappa shape index (κ3) is 4.72. The van der Waals surface area contributed by atoms with E-state index < -0.39 is 16.1 Å². The van der Waals surface area contributed by atoms with Gasteiger partial charge in [-0.25, -0.2) is 18.4 Å². The van der Waals surface area contributed by atoms with E-state index in [1.165, 1.54) is 12.1 Å². The van der Waals surface area contributed by atoms with Crippen LogP contribution in [0.2, 0.25) is 0 Å². The summed E-state index contributed by atoms with van der Waals surface area (Å²) in [6.07, 6.45) is 3.37. The van der Waals surface area contributed by atoms with E-state index in [0.29, 0.717) is 23.9 Å². The Labute approximate surface area is 158 Å². The van der Waals surface area contributed by atoms with Gasteiger partial charge in [0.2, 0.25) is 0 Å². The Kier molecular flexibility index (Phi) is 5.61. The molecule has 10 heteroatoms. The fourth-order valence-corrected chi connectivity index (χ4v) is 3.62. The number of piperidine rings is 1. The molecule has 1 fully saturated rings. The number of aliphatic hydroxyl groups is 1. The number of nitrogens with one attached hydrogen (secondary N) is 1. The molecule has 3 rings (SSSR count).